The molecule has 0 bridgehead atoms. The second kappa shape index (κ2) is 8.91. The number of carbonyl (C=O) groups excluding carboxylic acids is 2. The number of hydrogen-bond donors (Lipinski definition) is 0. The lowest BCUT2D eigenvalue weighted by molar-refractivity contribution is -0.138. The molecule has 4 nitrogen and oxygen atoms in total. The molecule has 0 saturated carbocycles. The number of ether oxygens (including phenoxy) is 2. The van der Waals surface area contributed by atoms with E-state index in [-0.39, 0.29) is 0 Å². The molecule has 0 saturated heterocycles. The van der Waals surface area contributed by atoms with Crippen molar-refractivity contribution in [3.63, 3.8) is 0 Å². The molecule has 1 aromatic carbocycles. The van der Waals surface area contributed by atoms with Gasteiger partial charge in [-0.05, 0) is 30.5 Å². The van der Waals surface area contributed by atoms with Crippen LogP contribution in [0.3, 0.4) is 0 Å². The maximum atomic E-state index is 11.5. The summed E-state index contributed by atoms with van der Waals surface area (Å²) in [6.07, 6.45) is 4.79. The van der Waals surface area contributed by atoms with Crippen LogP contribution < -0.4 is 4.74 Å². The molecule has 0 amide bonds. The van der Waals surface area contributed by atoms with E-state index in [0.29, 0.717) is 12.4 Å². The molecule has 1 aromatic rings. The molecule has 0 aliphatic carbocycles. The molecule has 20 heavy (non-hydrogen) atoms. The molecule has 0 unspecified atom stereocenters. The molecule has 1 rings (SSSR count). The van der Waals surface area contributed by atoms with Gasteiger partial charge in [0.05, 0.1) is 6.61 Å². The lowest BCUT2D eigenvalue weighted by Gasteiger charge is -2.03. The van der Waals surface area contributed by atoms with Gasteiger partial charge in [-0.15, -0.1) is 0 Å². The van der Waals surface area contributed by atoms with Crippen molar-refractivity contribution in [1.82, 2.24) is 0 Å². The Morgan fingerprint density at radius 3 is 2.60 bits per heavy atom. The Morgan fingerprint density at radius 1 is 1.15 bits per heavy atom. The second-order valence-corrected chi connectivity index (χ2v) is 4.28. The first kappa shape index (κ1) is 16.0. The van der Waals surface area contributed by atoms with Gasteiger partial charge in [0.15, 0.2) is 0 Å². The SMILES string of the molecule is CCCCOC(=O)/C=C/C(=O)Oc1cccc(CC)c1. The summed E-state index contributed by atoms with van der Waals surface area (Å²) < 4.78 is 9.99. The number of aryl methyl sites for hydroxylation is 1. The van der Waals surface area contributed by atoms with Crippen molar-refractivity contribution in [2.75, 3.05) is 6.61 Å². The van der Waals surface area contributed by atoms with Gasteiger partial charge >= 0.3 is 11.9 Å². The fourth-order valence-electron chi connectivity index (χ4n) is 1.48. The summed E-state index contributed by atoms with van der Waals surface area (Å²) in [5, 5.41) is 0. The maximum absolute atomic E-state index is 11.5. The number of hydrogen-bond acceptors (Lipinski definition) is 4. The van der Waals surface area contributed by atoms with E-state index in [4.69, 9.17) is 9.47 Å². The quantitative estimate of drug-likeness (QED) is 0.332. The summed E-state index contributed by atoms with van der Waals surface area (Å²) in [6, 6.07) is 7.28. The average molecular weight is 276 g/mol. The summed E-state index contributed by atoms with van der Waals surface area (Å²) in [7, 11) is 0. The predicted octanol–water partition coefficient (Wildman–Crippen LogP) is 3.05. The van der Waals surface area contributed by atoms with Gasteiger partial charge in [-0.2, -0.15) is 0 Å². The van der Waals surface area contributed by atoms with E-state index in [2.05, 4.69) is 0 Å². The van der Waals surface area contributed by atoms with Crippen molar-refractivity contribution < 1.29 is 19.1 Å². The molecule has 0 radical (unpaired) electrons. The smallest absolute Gasteiger partial charge is 0.336 e. The Kier molecular flexibility index (Phi) is 7.11. The Labute approximate surface area is 119 Å². The van der Waals surface area contributed by atoms with E-state index in [1.165, 1.54) is 0 Å². The van der Waals surface area contributed by atoms with Gasteiger partial charge in [-0.25, -0.2) is 9.59 Å². The van der Waals surface area contributed by atoms with Crippen LogP contribution in [0.15, 0.2) is 36.4 Å². The molecular formula is C16H20O4. The van der Waals surface area contributed by atoms with E-state index < -0.39 is 11.9 Å². The summed E-state index contributed by atoms with van der Waals surface area (Å²) in [6.45, 7) is 4.39. The third kappa shape index (κ3) is 6.18. The van der Waals surface area contributed by atoms with Crippen LogP contribution in [-0.2, 0) is 20.7 Å². The van der Waals surface area contributed by atoms with Crippen molar-refractivity contribution in [2.45, 2.75) is 33.1 Å². The Bertz CT molecular complexity index is 477. The van der Waals surface area contributed by atoms with E-state index in [0.717, 1.165) is 37.0 Å². The predicted molar refractivity (Wildman–Crippen MR) is 76.5 cm³/mol. The van der Waals surface area contributed by atoms with Crippen molar-refractivity contribution >= 4 is 11.9 Å². The highest BCUT2D eigenvalue weighted by Gasteiger charge is 2.03. The van der Waals surface area contributed by atoms with E-state index in [1.807, 2.05) is 26.0 Å². The minimum Gasteiger partial charge on any atom is -0.463 e. The van der Waals surface area contributed by atoms with Crippen molar-refractivity contribution in [1.29, 1.82) is 0 Å². The summed E-state index contributed by atoms with van der Waals surface area (Å²) >= 11 is 0. The minimum atomic E-state index is -0.592. The summed E-state index contributed by atoms with van der Waals surface area (Å²) in [5.41, 5.74) is 1.08. The van der Waals surface area contributed by atoms with Crippen LogP contribution in [0.5, 0.6) is 5.75 Å². The number of benzene rings is 1. The fourth-order valence-corrected chi connectivity index (χ4v) is 1.48. The number of esters is 2. The zero-order valence-corrected chi connectivity index (χ0v) is 11.9. The topological polar surface area (TPSA) is 52.6 Å². The Morgan fingerprint density at radius 2 is 1.90 bits per heavy atom. The third-order valence-electron chi connectivity index (χ3n) is 2.62. The van der Waals surface area contributed by atoms with Crippen LogP contribution in [0.4, 0.5) is 0 Å². The van der Waals surface area contributed by atoms with Gasteiger partial charge in [-0.3, -0.25) is 0 Å². The first-order valence-electron chi connectivity index (χ1n) is 6.81. The first-order chi connectivity index (χ1) is 9.65. The van der Waals surface area contributed by atoms with E-state index >= 15 is 0 Å². The summed E-state index contributed by atoms with van der Waals surface area (Å²) in [5.74, 6) is -0.651. The zero-order chi connectivity index (χ0) is 14.8. The molecule has 0 fully saturated rings. The zero-order valence-electron chi connectivity index (χ0n) is 11.9. The average Bonchev–Trinajstić information content (AvgIpc) is 2.45. The minimum absolute atomic E-state index is 0.368. The second-order valence-electron chi connectivity index (χ2n) is 4.28. The van der Waals surface area contributed by atoms with Crippen molar-refractivity contribution in [2.24, 2.45) is 0 Å². The maximum Gasteiger partial charge on any atom is 0.336 e. The standard InChI is InChI=1S/C16H20O4/c1-3-5-11-19-15(17)9-10-16(18)20-14-8-6-7-13(4-2)12-14/h6-10,12H,3-5,11H2,1-2H3/b10-9+. The molecule has 0 spiro atoms. The van der Waals surface area contributed by atoms with Gasteiger partial charge < -0.3 is 9.47 Å². The Balaban J connectivity index is 2.44. The molecule has 0 aliphatic rings. The first-order valence-corrected chi connectivity index (χ1v) is 6.81. The van der Waals surface area contributed by atoms with Gasteiger partial charge in [0.25, 0.3) is 0 Å². The van der Waals surface area contributed by atoms with Gasteiger partial charge in [0.1, 0.15) is 5.75 Å². The molecular weight excluding hydrogens is 256 g/mol. The third-order valence-corrected chi connectivity index (χ3v) is 2.62. The van der Waals surface area contributed by atoms with Crippen LogP contribution in [0, 0.1) is 0 Å². The molecule has 4 heteroatoms. The lowest BCUT2D eigenvalue weighted by Crippen LogP contribution is -2.07. The van der Waals surface area contributed by atoms with Crippen LogP contribution >= 0.6 is 0 Å². The fraction of sp³-hybridized carbons (Fsp3) is 0.375. The highest BCUT2D eigenvalue weighted by molar-refractivity contribution is 5.92. The van der Waals surface area contributed by atoms with E-state index in [1.54, 1.807) is 12.1 Å². The van der Waals surface area contributed by atoms with Gasteiger partial charge in [0.2, 0.25) is 0 Å². The molecule has 0 aromatic heterocycles. The van der Waals surface area contributed by atoms with Crippen molar-refractivity contribution in [3.05, 3.63) is 42.0 Å². The molecule has 0 atom stereocenters. The van der Waals surface area contributed by atoms with Crippen LogP contribution in [0.1, 0.15) is 32.3 Å². The van der Waals surface area contributed by atoms with Crippen molar-refractivity contribution in [3.8, 4) is 5.75 Å². The number of unbranched alkanes of at least 4 members (excludes halogenated alkanes) is 1. The normalized spacial score (nSPS) is 10.5. The molecule has 0 N–H and O–H groups in total. The summed E-state index contributed by atoms with van der Waals surface area (Å²) in [4.78, 5) is 22.8. The van der Waals surface area contributed by atoms with Crippen LogP contribution in [-0.4, -0.2) is 18.5 Å². The highest BCUT2D eigenvalue weighted by atomic mass is 16.5. The van der Waals surface area contributed by atoms with Gasteiger partial charge in [0, 0.05) is 12.2 Å². The molecule has 0 heterocycles. The molecule has 108 valence electrons. The van der Waals surface area contributed by atoms with Crippen LogP contribution in [0.25, 0.3) is 0 Å². The Hall–Kier alpha value is -2.10. The molecule has 0 aliphatic heterocycles. The monoisotopic (exact) mass is 276 g/mol. The van der Waals surface area contributed by atoms with Crippen LogP contribution in [0.2, 0.25) is 0 Å². The highest BCUT2D eigenvalue weighted by Crippen LogP contribution is 2.13. The van der Waals surface area contributed by atoms with Gasteiger partial charge in [-0.1, -0.05) is 32.4 Å². The van der Waals surface area contributed by atoms with E-state index in [9.17, 15) is 9.59 Å². The number of carbonyl (C=O) groups is 2. The number of rotatable bonds is 7. The largest absolute Gasteiger partial charge is 0.463 e. The lowest BCUT2D eigenvalue weighted by atomic mass is 10.2.